The van der Waals surface area contributed by atoms with Crippen LogP contribution >= 0.6 is 0 Å². The van der Waals surface area contributed by atoms with Crippen molar-refractivity contribution in [2.45, 2.75) is 77.6 Å². The van der Waals surface area contributed by atoms with Crippen LogP contribution in [0.25, 0.3) is 0 Å². The molecule has 3 rings (SSSR count). The largest absolute Gasteiger partial charge is 0.591 e. The minimum atomic E-state index is -1.38. The molecule has 1 spiro atoms. The Bertz CT molecular complexity index is 779. The predicted molar refractivity (Wildman–Crippen MR) is 118 cm³/mol. The molecule has 3 aliphatic rings. The fourth-order valence-electron chi connectivity index (χ4n) is 3.69. The number of carbonyl (C=O) groups excluding carboxylic acids is 1. The Hall–Kier alpha value is -1.67. The van der Waals surface area contributed by atoms with Gasteiger partial charge in [-0.1, -0.05) is 4.40 Å². The number of hydrogen-bond acceptors (Lipinski definition) is 6. The molecule has 8 heteroatoms. The highest BCUT2D eigenvalue weighted by Crippen LogP contribution is 2.49. The van der Waals surface area contributed by atoms with Crippen LogP contribution in [0.1, 0.15) is 67.2 Å². The summed E-state index contributed by atoms with van der Waals surface area (Å²) in [4.78, 5) is 23.4. The van der Waals surface area contributed by atoms with E-state index in [0.29, 0.717) is 19.5 Å². The highest BCUT2D eigenvalue weighted by molar-refractivity contribution is 7.91. The molecule has 160 valence electrons. The molecular formula is C21H32N4O3S. The molecule has 7 nitrogen and oxygen atoms in total. The van der Waals surface area contributed by atoms with Gasteiger partial charge < -0.3 is 14.2 Å². The van der Waals surface area contributed by atoms with E-state index in [-0.39, 0.29) is 11.5 Å². The lowest BCUT2D eigenvalue weighted by molar-refractivity contribution is 0.0159. The third-order valence-electron chi connectivity index (χ3n) is 5.25. The first-order chi connectivity index (χ1) is 13.4. The summed E-state index contributed by atoms with van der Waals surface area (Å²) in [5, 5.41) is 0. The summed E-state index contributed by atoms with van der Waals surface area (Å²) >= 11 is -1.38. The molecule has 0 aromatic rings. The Labute approximate surface area is 176 Å². The number of nitrogens with zero attached hydrogens (tertiary/aromatic N) is 4. The van der Waals surface area contributed by atoms with Crippen LogP contribution < -0.4 is 0 Å². The number of ether oxygens (including phenoxy) is 1. The molecule has 1 unspecified atom stereocenters. The van der Waals surface area contributed by atoms with E-state index in [4.69, 9.17) is 4.74 Å². The van der Waals surface area contributed by atoms with Gasteiger partial charge in [0, 0.05) is 43.8 Å². The zero-order valence-electron chi connectivity index (χ0n) is 18.3. The fourth-order valence-corrected chi connectivity index (χ4v) is 4.41. The van der Waals surface area contributed by atoms with Gasteiger partial charge in [-0.25, -0.2) is 4.79 Å². The van der Waals surface area contributed by atoms with Crippen LogP contribution in [0.3, 0.4) is 0 Å². The summed E-state index contributed by atoms with van der Waals surface area (Å²) < 4.78 is 22.6. The second-order valence-corrected chi connectivity index (χ2v) is 11.8. The van der Waals surface area contributed by atoms with Crippen LogP contribution in [0.4, 0.5) is 4.79 Å². The first kappa shape index (κ1) is 22.0. The second-order valence-electron chi connectivity index (χ2n) is 9.88. The molecule has 0 aromatic heterocycles. The van der Waals surface area contributed by atoms with Crippen LogP contribution in [0.15, 0.2) is 25.8 Å². The number of carbonyl (C=O) groups is 1. The molecular weight excluding hydrogens is 388 g/mol. The maximum absolute atomic E-state index is 12.9. The van der Waals surface area contributed by atoms with Gasteiger partial charge in [0.15, 0.2) is 0 Å². The van der Waals surface area contributed by atoms with Gasteiger partial charge in [0.1, 0.15) is 33.1 Å². The molecule has 1 atom stereocenters. The average Bonchev–Trinajstić information content (AvgIpc) is 2.74. The van der Waals surface area contributed by atoms with Gasteiger partial charge in [-0.15, -0.1) is 0 Å². The third kappa shape index (κ3) is 4.91. The molecule has 1 fully saturated rings. The van der Waals surface area contributed by atoms with Gasteiger partial charge in [-0.05, 0) is 54.4 Å². The number of aliphatic imine (C=N–C) groups is 2. The fraction of sp³-hybridized carbons (Fsp3) is 0.714. The monoisotopic (exact) mass is 420 g/mol. The van der Waals surface area contributed by atoms with Gasteiger partial charge in [-0.3, -0.25) is 9.98 Å². The molecule has 0 N–H and O–H groups in total. The van der Waals surface area contributed by atoms with Crippen molar-refractivity contribution in [2.24, 2.45) is 19.8 Å². The van der Waals surface area contributed by atoms with Gasteiger partial charge in [0.2, 0.25) is 0 Å². The molecule has 1 amide bonds. The predicted octanol–water partition coefficient (Wildman–Crippen LogP) is 4.07. The number of piperidine rings is 1. The third-order valence-corrected chi connectivity index (χ3v) is 6.65. The molecule has 29 heavy (non-hydrogen) atoms. The lowest BCUT2D eigenvalue weighted by Gasteiger charge is -2.39. The van der Waals surface area contributed by atoms with E-state index in [9.17, 15) is 9.35 Å². The number of likely N-dealkylation sites (tertiary alicyclic amines) is 1. The first-order valence-electron chi connectivity index (χ1n) is 10.2. The van der Waals surface area contributed by atoms with E-state index >= 15 is 0 Å². The Morgan fingerprint density at radius 3 is 2.38 bits per heavy atom. The summed E-state index contributed by atoms with van der Waals surface area (Å²) in [6, 6.07) is 0. The van der Waals surface area contributed by atoms with Gasteiger partial charge in [0.25, 0.3) is 0 Å². The second kappa shape index (κ2) is 7.87. The Morgan fingerprint density at radius 1 is 1.17 bits per heavy atom. The Balaban J connectivity index is 1.86. The normalized spacial score (nSPS) is 24.1. The van der Waals surface area contributed by atoms with Crippen molar-refractivity contribution in [3.63, 3.8) is 0 Å². The zero-order chi connectivity index (χ0) is 21.4. The quantitative estimate of drug-likeness (QED) is 0.599. The average molecular weight is 421 g/mol. The van der Waals surface area contributed by atoms with Gasteiger partial charge in [-0.2, -0.15) is 0 Å². The van der Waals surface area contributed by atoms with Gasteiger partial charge >= 0.3 is 6.09 Å². The van der Waals surface area contributed by atoms with Crippen LogP contribution in [0.2, 0.25) is 0 Å². The van der Waals surface area contributed by atoms with Crippen LogP contribution in [0.5, 0.6) is 0 Å². The Morgan fingerprint density at radius 2 is 1.79 bits per heavy atom. The summed E-state index contributed by atoms with van der Waals surface area (Å²) in [6.07, 6.45) is 6.26. The van der Waals surface area contributed by atoms with Crippen molar-refractivity contribution in [1.29, 1.82) is 0 Å². The van der Waals surface area contributed by atoms with Crippen molar-refractivity contribution in [3.8, 4) is 0 Å². The molecule has 0 saturated carbocycles. The number of amides is 1. The number of hydrogen-bond donors (Lipinski definition) is 0. The van der Waals surface area contributed by atoms with E-state index in [0.717, 1.165) is 36.4 Å². The van der Waals surface area contributed by atoms with Crippen molar-refractivity contribution in [2.75, 3.05) is 13.1 Å². The summed E-state index contributed by atoms with van der Waals surface area (Å²) in [5.74, 6) is 0. The van der Waals surface area contributed by atoms with E-state index < -0.39 is 21.7 Å². The minimum absolute atomic E-state index is 0.282. The first-order valence-corrected chi connectivity index (χ1v) is 11.3. The number of rotatable bonds is 1. The number of allylic oxidation sites excluding steroid dienone is 2. The smallest absolute Gasteiger partial charge is 0.410 e. The van der Waals surface area contributed by atoms with Crippen molar-refractivity contribution in [1.82, 2.24) is 4.90 Å². The highest BCUT2D eigenvalue weighted by atomic mass is 32.2. The molecule has 1 aliphatic carbocycles. The van der Waals surface area contributed by atoms with E-state index in [1.165, 1.54) is 0 Å². The van der Waals surface area contributed by atoms with Crippen molar-refractivity contribution >= 4 is 35.6 Å². The lowest BCUT2D eigenvalue weighted by Crippen LogP contribution is -2.47. The Kier molecular flexibility index (Phi) is 5.98. The standard InChI is InChI=1S/C21H32N4O3S/c1-19(2,3)28-18(26)25-12-8-21(9-13-25)14-15-16(23-11-7-10-22-15)17(21)24-29(27)20(4,5)6/h10-11H,7-9,12-14H2,1-6H3. The maximum atomic E-state index is 12.9. The molecule has 2 aliphatic heterocycles. The maximum Gasteiger partial charge on any atom is 0.410 e. The van der Waals surface area contributed by atoms with Crippen LogP contribution in [0, 0.1) is 5.41 Å². The molecule has 0 radical (unpaired) electrons. The summed E-state index contributed by atoms with van der Waals surface area (Å²) in [5.41, 5.74) is 1.67. The molecule has 0 bridgehead atoms. The van der Waals surface area contributed by atoms with Crippen LogP contribution in [-0.4, -0.2) is 57.1 Å². The topological polar surface area (TPSA) is 89.7 Å². The van der Waals surface area contributed by atoms with E-state index in [2.05, 4.69) is 14.4 Å². The van der Waals surface area contributed by atoms with E-state index in [1.54, 1.807) is 4.90 Å². The van der Waals surface area contributed by atoms with Crippen molar-refractivity contribution in [3.05, 3.63) is 11.4 Å². The molecule has 2 heterocycles. The SMILES string of the molecule is CC(C)(C)OC(=O)N1CCC2(CC1)CC1=C(N=CCC=N1)C2=N[S+]([O-])C(C)(C)C. The lowest BCUT2D eigenvalue weighted by atomic mass is 9.74. The zero-order valence-corrected chi connectivity index (χ0v) is 19.1. The van der Waals surface area contributed by atoms with Gasteiger partial charge in [0.05, 0.1) is 5.70 Å². The van der Waals surface area contributed by atoms with E-state index in [1.807, 2.05) is 54.0 Å². The van der Waals surface area contributed by atoms with Crippen LogP contribution in [-0.2, 0) is 16.1 Å². The molecule has 1 saturated heterocycles. The summed E-state index contributed by atoms with van der Waals surface area (Å²) in [6.45, 7) is 12.5. The minimum Gasteiger partial charge on any atom is -0.591 e. The summed E-state index contributed by atoms with van der Waals surface area (Å²) in [7, 11) is 0. The molecule has 0 aromatic carbocycles. The van der Waals surface area contributed by atoms with Crippen molar-refractivity contribution < 1.29 is 14.1 Å². The highest BCUT2D eigenvalue weighted by Gasteiger charge is 2.50.